The molecule has 2 aliphatic rings. The van der Waals surface area contributed by atoms with Crippen LogP contribution in [0.15, 0.2) is 24.8 Å². The summed E-state index contributed by atoms with van der Waals surface area (Å²) in [6, 6.07) is 1.08. The van der Waals surface area contributed by atoms with Gasteiger partial charge in [-0.25, -0.2) is 15.0 Å². The highest BCUT2D eigenvalue weighted by Crippen LogP contribution is 2.35. The van der Waals surface area contributed by atoms with E-state index < -0.39 is 0 Å². The van der Waals surface area contributed by atoms with Crippen LogP contribution in [0.1, 0.15) is 25.7 Å². The number of pyridine rings is 1. The summed E-state index contributed by atoms with van der Waals surface area (Å²) in [6.45, 7) is 0.865. The van der Waals surface area contributed by atoms with Crippen molar-refractivity contribution in [1.29, 1.82) is 0 Å². The molecule has 3 aromatic heterocycles. The largest absolute Gasteiger partial charge is 0.383 e. The molecule has 3 aromatic rings. The fraction of sp³-hybridized carbons (Fsp3) is 0.474. The molecular weight excluding hydrogens is 340 g/mol. The molecule has 2 atom stereocenters. The van der Waals surface area contributed by atoms with Crippen molar-refractivity contribution in [1.82, 2.24) is 29.6 Å². The van der Waals surface area contributed by atoms with Crippen molar-refractivity contribution >= 4 is 22.7 Å². The summed E-state index contributed by atoms with van der Waals surface area (Å²) in [7, 11) is 4.10. The Morgan fingerprint density at radius 3 is 2.63 bits per heavy atom. The summed E-state index contributed by atoms with van der Waals surface area (Å²) in [5.74, 6) is 1.23. The molecule has 2 fully saturated rings. The lowest BCUT2D eigenvalue weighted by Crippen LogP contribution is -2.39. The van der Waals surface area contributed by atoms with E-state index in [1.54, 1.807) is 10.9 Å². The van der Waals surface area contributed by atoms with Gasteiger partial charge in [-0.1, -0.05) is 12.8 Å². The van der Waals surface area contributed by atoms with Crippen LogP contribution in [0.3, 0.4) is 0 Å². The van der Waals surface area contributed by atoms with E-state index in [1.165, 1.54) is 25.7 Å². The van der Waals surface area contributed by atoms with Gasteiger partial charge < -0.3 is 10.6 Å². The third kappa shape index (κ3) is 2.63. The molecule has 0 radical (unpaired) electrons. The highest BCUT2D eigenvalue weighted by atomic mass is 15.4. The summed E-state index contributed by atoms with van der Waals surface area (Å²) in [5.41, 5.74) is 8.86. The maximum atomic E-state index is 6.11. The van der Waals surface area contributed by atoms with Gasteiger partial charge in [-0.05, 0) is 19.9 Å². The van der Waals surface area contributed by atoms with Gasteiger partial charge in [0.2, 0.25) is 5.95 Å². The molecular formula is C19H24N8. The Bertz CT molecular complexity index is 997. The molecule has 0 aromatic carbocycles. The average Bonchev–Trinajstić information content (AvgIpc) is 3.26. The maximum absolute atomic E-state index is 6.11. The molecule has 0 bridgehead atoms. The fourth-order valence-electron chi connectivity index (χ4n) is 4.57. The van der Waals surface area contributed by atoms with Crippen molar-refractivity contribution in [2.75, 3.05) is 24.3 Å². The van der Waals surface area contributed by atoms with Crippen LogP contribution in [0.5, 0.6) is 0 Å². The topological polar surface area (TPSA) is 89.0 Å². The average molecular weight is 364 g/mol. The normalized spacial score (nSPS) is 23.1. The van der Waals surface area contributed by atoms with Gasteiger partial charge in [0, 0.05) is 48.8 Å². The lowest BCUT2D eigenvalue weighted by molar-refractivity contribution is 0.247. The van der Waals surface area contributed by atoms with E-state index in [-0.39, 0.29) is 0 Å². The molecule has 8 nitrogen and oxygen atoms in total. The van der Waals surface area contributed by atoms with E-state index in [0.717, 1.165) is 34.6 Å². The number of nitrogen functional groups attached to an aromatic ring is 1. The standard InChI is InChI=1S/C19H24N8/c1-25-11-27(16-6-4-3-5-15(16)25)19-22-9-14-17(24-19)13(8-21-18(14)20)12-7-23-26(2)10-12/h7-10,15-16H,3-6,11H2,1-2H3,(H2,20,21). The van der Waals surface area contributed by atoms with Crippen LogP contribution in [-0.4, -0.2) is 55.4 Å². The first kappa shape index (κ1) is 16.4. The van der Waals surface area contributed by atoms with Crippen LogP contribution < -0.4 is 10.6 Å². The van der Waals surface area contributed by atoms with Gasteiger partial charge in [0.05, 0.1) is 23.8 Å². The maximum Gasteiger partial charge on any atom is 0.227 e. The molecule has 1 aliphatic carbocycles. The highest BCUT2D eigenvalue weighted by Gasteiger charge is 2.40. The van der Waals surface area contributed by atoms with Crippen LogP contribution in [-0.2, 0) is 7.05 Å². The number of hydrogen-bond acceptors (Lipinski definition) is 7. The van der Waals surface area contributed by atoms with Crippen molar-refractivity contribution in [3.8, 4) is 11.1 Å². The number of aryl methyl sites for hydroxylation is 1. The molecule has 2 N–H and O–H groups in total. The zero-order chi connectivity index (χ0) is 18.5. The van der Waals surface area contributed by atoms with Gasteiger partial charge in [-0.15, -0.1) is 0 Å². The van der Waals surface area contributed by atoms with Gasteiger partial charge in [0.15, 0.2) is 0 Å². The number of nitrogens with zero attached hydrogens (tertiary/aromatic N) is 7. The summed E-state index contributed by atoms with van der Waals surface area (Å²) >= 11 is 0. The molecule has 27 heavy (non-hydrogen) atoms. The third-order valence-electron chi connectivity index (χ3n) is 5.95. The molecule has 5 rings (SSSR count). The van der Waals surface area contributed by atoms with Gasteiger partial charge in [0.1, 0.15) is 5.82 Å². The SMILES string of the molecule is CN1CN(c2ncc3c(N)ncc(-c4cnn(C)c4)c3n2)C2CCCCC21. The fourth-order valence-corrected chi connectivity index (χ4v) is 4.57. The highest BCUT2D eigenvalue weighted by molar-refractivity contribution is 5.98. The first-order valence-electron chi connectivity index (χ1n) is 9.49. The summed E-state index contributed by atoms with van der Waals surface area (Å²) in [4.78, 5) is 18.7. The van der Waals surface area contributed by atoms with E-state index >= 15 is 0 Å². The quantitative estimate of drug-likeness (QED) is 0.744. The Kier molecular flexibility index (Phi) is 3.75. The van der Waals surface area contributed by atoms with Gasteiger partial charge in [0.25, 0.3) is 0 Å². The second-order valence-electron chi connectivity index (χ2n) is 7.68. The van der Waals surface area contributed by atoms with E-state index in [4.69, 9.17) is 10.7 Å². The zero-order valence-electron chi connectivity index (χ0n) is 15.7. The predicted molar refractivity (Wildman–Crippen MR) is 105 cm³/mol. The molecule has 1 saturated heterocycles. The van der Waals surface area contributed by atoms with Crippen molar-refractivity contribution < 1.29 is 0 Å². The smallest absolute Gasteiger partial charge is 0.227 e. The minimum absolute atomic E-state index is 0.457. The van der Waals surface area contributed by atoms with Crippen molar-refractivity contribution in [2.24, 2.45) is 7.05 Å². The molecule has 0 amide bonds. The van der Waals surface area contributed by atoms with Crippen LogP contribution in [0, 0.1) is 0 Å². The first-order valence-corrected chi connectivity index (χ1v) is 9.49. The van der Waals surface area contributed by atoms with Gasteiger partial charge in [-0.2, -0.15) is 5.10 Å². The molecule has 0 spiro atoms. The molecule has 4 heterocycles. The van der Waals surface area contributed by atoms with E-state index in [2.05, 4.69) is 31.9 Å². The van der Waals surface area contributed by atoms with E-state index in [0.29, 0.717) is 17.9 Å². The summed E-state index contributed by atoms with van der Waals surface area (Å²) in [5, 5.41) is 5.07. The number of rotatable bonds is 2. The minimum atomic E-state index is 0.457. The van der Waals surface area contributed by atoms with Crippen LogP contribution in [0.4, 0.5) is 11.8 Å². The lowest BCUT2D eigenvalue weighted by Gasteiger charge is -2.31. The Labute approximate surface area is 158 Å². The summed E-state index contributed by atoms with van der Waals surface area (Å²) < 4.78 is 1.78. The monoisotopic (exact) mass is 364 g/mol. The van der Waals surface area contributed by atoms with Crippen LogP contribution in [0.2, 0.25) is 0 Å². The number of hydrogen-bond donors (Lipinski definition) is 1. The Morgan fingerprint density at radius 1 is 1.04 bits per heavy atom. The molecule has 8 heteroatoms. The van der Waals surface area contributed by atoms with Gasteiger partial charge >= 0.3 is 0 Å². The number of anilines is 2. The number of nitrogens with two attached hydrogens (primary N) is 1. The number of fused-ring (bicyclic) bond motifs is 2. The number of likely N-dealkylation sites (N-methyl/N-ethyl adjacent to an activating group) is 1. The van der Waals surface area contributed by atoms with Crippen LogP contribution in [0.25, 0.3) is 22.0 Å². The van der Waals surface area contributed by atoms with Gasteiger partial charge in [-0.3, -0.25) is 9.58 Å². The second-order valence-corrected chi connectivity index (χ2v) is 7.68. The molecule has 1 aliphatic heterocycles. The van der Waals surface area contributed by atoms with Crippen molar-refractivity contribution in [3.05, 3.63) is 24.8 Å². The van der Waals surface area contributed by atoms with Crippen LogP contribution >= 0.6 is 0 Å². The minimum Gasteiger partial charge on any atom is -0.383 e. The predicted octanol–water partition coefficient (Wildman–Crippen LogP) is 2.03. The first-order chi connectivity index (χ1) is 13.1. The lowest BCUT2D eigenvalue weighted by atomic mass is 9.90. The molecule has 2 unspecified atom stereocenters. The molecule has 1 saturated carbocycles. The third-order valence-corrected chi connectivity index (χ3v) is 5.95. The van der Waals surface area contributed by atoms with E-state index in [9.17, 15) is 0 Å². The zero-order valence-corrected chi connectivity index (χ0v) is 15.7. The summed E-state index contributed by atoms with van der Waals surface area (Å²) in [6.07, 6.45) is 12.4. The number of aromatic nitrogens is 5. The van der Waals surface area contributed by atoms with E-state index in [1.807, 2.05) is 25.6 Å². The second kappa shape index (κ2) is 6.16. The Hall–Kier alpha value is -2.74. The Morgan fingerprint density at radius 2 is 1.85 bits per heavy atom. The molecule has 140 valence electrons. The Balaban J connectivity index is 1.62. The van der Waals surface area contributed by atoms with Crippen molar-refractivity contribution in [3.63, 3.8) is 0 Å². The van der Waals surface area contributed by atoms with Crippen molar-refractivity contribution in [2.45, 2.75) is 37.8 Å².